The molecule has 1 fully saturated rings. The third-order valence-electron chi connectivity index (χ3n) is 5.17. The first-order chi connectivity index (χ1) is 13.2. The van der Waals surface area contributed by atoms with E-state index in [-0.39, 0.29) is 13.2 Å². The maximum atomic E-state index is 9.82. The molecule has 27 heavy (non-hydrogen) atoms. The van der Waals surface area contributed by atoms with Crippen molar-refractivity contribution in [1.29, 1.82) is 0 Å². The number of rotatable bonds is 16. The molecule has 160 valence electrons. The lowest BCUT2D eigenvalue weighted by Crippen LogP contribution is -2.54. The van der Waals surface area contributed by atoms with Crippen molar-refractivity contribution in [2.24, 2.45) is 0 Å². The van der Waals surface area contributed by atoms with Gasteiger partial charge >= 0.3 is 0 Å². The number of aliphatic hydroxyl groups is 3. The van der Waals surface area contributed by atoms with Gasteiger partial charge in [0.25, 0.3) is 0 Å². The second-order valence-corrected chi connectivity index (χ2v) is 7.73. The van der Waals surface area contributed by atoms with Crippen molar-refractivity contribution >= 4 is 0 Å². The fraction of sp³-hybridized carbons (Fsp3) is 0.909. The zero-order valence-corrected chi connectivity index (χ0v) is 17.2. The molecule has 0 aromatic rings. The molecule has 4 atom stereocenters. The number of hydrogen-bond donors (Lipinski definition) is 3. The fourth-order valence-electron chi connectivity index (χ4n) is 3.32. The van der Waals surface area contributed by atoms with E-state index in [0.29, 0.717) is 6.61 Å². The highest BCUT2D eigenvalue weighted by atomic mass is 16.6. The van der Waals surface area contributed by atoms with Gasteiger partial charge < -0.3 is 24.8 Å². The van der Waals surface area contributed by atoms with Crippen molar-refractivity contribution in [1.82, 2.24) is 0 Å². The third kappa shape index (κ3) is 11.9. The summed E-state index contributed by atoms with van der Waals surface area (Å²) >= 11 is 0. The van der Waals surface area contributed by atoms with Gasteiger partial charge in [0.05, 0.1) is 13.2 Å². The second-order valence-electron chi connectivity index (χ2n) is 7.73. The van der Waals surface area contributed by atoms with Crippen LogP contribution in [0, 0.1) is 0 Å². The molecule has 5 nitrogen and oxygen atoms in total. The first-order valence-corrected chi connectivity index (χ1v) is 11.0. The van der Waals surface area contributed by atoms with Crippen LogP contribution in [-0.4, -0.2) is 59.6 Å². The first kappa shape index (κ1) is 24.6. The monoisotopic (exact) mass is 386 g/mol. The number of unbranched alkanes of at least 4 members (excludes halogenated alkanes) is 10. The lowest BCUT2D eigenvalue weighted by molar-refractivity contribution is -0.199. The van der Waals surface area contributed by atoms with Gasteiger partial charge in [-0.1, -0.05) is 70.4 Å². The third-order valence-corrected chi connectivity index (χ3v) is 5.17. The molecule has 3 N–H and O–H groups in total. The molecule has 0 amide bonds. The highest BCUT2D eigenvalue weighted by Crippen LogP contribution is 2.16. The van der Waals surface area contributed by atoms with Gasteiger partial charge in [-0.05, 0) is 25.7 Å². The summed E-state index contributed by atoms with van der Waals surface area (Å²) in [6, 6.07) is 0. The lowest BCUT2D eigenvalue weighted by atomic mass is 10.0. The smallest absolute Gasteiger partial charge is 0.111 e. The second kappa shape index (κ2) is 16.5. The predicted octanol–water partition coefficient (Wildman–Crippen LogP) is 3.74. The molecule has 0 saturated carbocycles. The van der Waals surface area contributed by atoms with Gasteiger partial charge in [0.15, 0.2) is 0 Å². The van der Waals surface area contributed by atoms with Crippen molar-refractivity contribution in [3.8, 4) is 0 Å². The van der Waals surface area contributed by atoms with E-state index >= 15 is 0 Å². The normalized spacial score (nSPS) is 26.1. The van der Waals surface area contributed by atoms with E-state index in [0.717, 1.165) is 12.8 Å². The van der Waals surface area contributed by atoms with E-state index in [4.69, 9.17) is 9.47 Å². The maximum absolute atomic E-state index is 9.82. The minimum absolute atomic E-state index is 0.0435. The van der Waals surface area contributed by atoms with Crippen LogP contribution in [0.1, 0.15) is 84.0 Å². The van der Waals surface area contributed by atoms with Crippen molar-refractivity contribution in [2.75, 3.05) is 19.8 Å². The van der Waals surface area contributed by atoms with Crippen molar-refractivity contribution < 1.29 is 24.8 Å². The van der Waals surface area contributed by atoms with E-state index in [2.05, 4.69) is 19.1 Å². The molecule has 1 rings (SSSR count). The van der Waals surface area contributed by atoms with Gasteiger partial charge in [0, 0.05) is 6.61 Å². The average molecular weight is 387 g/mol. The predicted molar refractivity (Wildman–Crippen MR) is 109 cm³/mol. The average Bonchev–Trinajstić information content (AvgIpc) is 2.67. The van der Waals surface area contributed by atoms with Crippen LogP contribution in [0.15, 0.2) is 12.2 Å². The Labute approximate surface area is 165 Å². The summed E-state index contributed by atoms with van der Waals surface area (Å²) in [5, 5.41) is 28.8. The zero-order chi connectivity index (χ0) is 19.7. The SMILES string of the molecule is CCC/C=C/CCCCCCCCCCCOC[C@H]1OC[C@H](O)[C@@H](O)[C@@H]1O. The van der Waals surface area contributed by atoms with E-state index in [1.807, 2.05) is 0 Å². The quantitative estimate of drug-likeness (QED) is 0.278. The minimum Gasteiger partial charge on any atom is -0.388 e. The summed E-state index contributed by atoms with van der Waals surface area (Å²) in [7, 11) is 0. The molecule has 0 bridgehead atoms. The van der Waals surface area contributed by atoms with E-state index < -0.39 is 24.4 Å². The number of ether oxygens (including phenoxy) is 2. The van der Waals surface area contributed by atoms with Crippen LogP contribution in [0.3, 0.4) is 0 Å². The van der Waals surface area contributed by atoms with E-state index in [1.54, 1.807) is 0 Å². The highest BCUT2D eigenvalue weighted by Gasteiger charge is 2.37. The molecule has 0 unspecified atom stereocenters. The van der Waals surface area contributed by atoms with E-state index in [9.17, 15) is 15.3 Å². The maximum Gasteiger partial charge on any atom is 0.111 e. The summed E-state index contributed by atoms with van der Waals surface area (Å²) in [6.45, 7) is 3.17. The molecule has 0 aliphatic carbocycles. The minimum atomic E-state index is -1.15. The van der Waals surface area contributed by atoms with Crippen molar-refractivity contribution in [2.45, 2.75) is 108 Å². The summed E-state index contributed by atoms with van der Waals surface area (Å²) in [6.07, 6.45) is 16.0. The molecule has 0 aromatic carbocycles. The van der Waals surface area contributed by atoms with Gasteiger partial charge in [0.1, 0.15) is 24.4 Å². The molecule has 0 spiro atoms. The standard InChI is InChI=1S/C22H42O5/c1-2-3-4-5-6-7-8-9-10-11-12-13-14-15-16-26-18-20-22(25)21(24)19(23)17-27-20/h4-5,19-25H,2-3,6-18H2,1H3/b5-4+/t19-,20+,21+,22+/m0/s1. The molecule has 1 saturated heterocycles. The van der Waals surface area contributed by atoms with Crippen molar-refractivity contribution in [3.05, 3.63) is 12.2 Å². The van der Waals surface area contributed by atoms with Crippen LogP contribution in [0.4, 0.5) is 0 Å². The molecular formula is C22H42O5. The summed E-state index contributed by atoms with van der Waals surface area (Å²) in [5.41, 5.74) is 0. The molecule has 1 aliphatic rings. The van der Waals surface area contributed by atoms with Gasteiger partial charge in [-0.25, -0.2) is 0 Å². The number of aliphatic hydroxyl groups excluding tert-OH is 3. The zero-order valence-electron chi connectivity index (χ0n) is 17.2. The molecule has 0 radical (unpaired) electrons. The topological polar surface area (TPSA) is 79.2 Å². The Bertz CT molecular complexity index is 361. The Morgan fingerprint density at radius 3 is 2.07 bits per heavy atom. The molecular weight excluding hydrogens is 344 g/mol. The Morgan fingerprint density at radius 2 is 1.41 bits per heavy atom. The molecule has 1 aliphatic heterocycles. The lowest BCUT2D eigenvalue weighted by Gasteiger charge is -2.35. The summed E-state index contributed by atoms with van der Waals surface area (Å²) in [5.74, 6) is 0. The number of hydrogen-bond acceptors (Lipinski definition) is 5. The molecule has 0 aromatic heterocycles. The summed E-state index contributed by atoms with van der Waals surface area (Å²) < 4.78 is 10.9. The van der Waals surface area contributed by atoms with Crippen molar-refractivity contribution in [3.63, 3.8) is 0 Å². The van der Waals surface area contributed by atoms with Gasteiger partial charge in [-0.15, -0.1) is 0 Å². The van der Waals surface area contributed by atoms with Crippen LogP contribution >= 0.6 is 0 Å². The van der Waals surface area contributed by atoms with Gasteiger partial charge in [-0.2, -0.15) is 0 Å². The summed E-state index contributed by atoms with van der Waals surface area (Å²) in [4.78, 5) is 0. The van der Waals surface area contributed by atoms with E-state index in [1.165, 1.54) is 64.2 Å². The van der Waals surface area contributed by atoms with Gasteiger partial charge in [-0.3, -0.25) is 0 Å². The Kier molecular flexibility index (Phi) is 15.0. The van der Waals surface area contributed by atoms with Crippen LogP contribution in [0.2, 0.25) is 0 Å². The molecule has 5 heteroatoms. The Morgan fingerprint density at radius 1 is 0.815 bits per heavy atom. The Balaban J connectivity index is 1.80. The van der Waals surface area contributed by atoms with Crippen LogP contribution in [0.5, 0.6) is 0 Å². The highest BCUT2D eigenvalue weighted by molar-refractivity contribution is 4.86. The van der Waals surface area contributed by atoms with Crippen LogP contribution in [0.25, 0.3) is 0 Å². The fourth-order valence-corrected chi connectivity index (χ4v) is 3.32. The number of allylic oxidation sites excluding steroid dienone is 2. The van der Waals surface area contributed by atoms with Crippen LogP contribution in [-0.2, 0) is 9.47 Å². The Hall–Kier alpha value is -0.460. The van der Waals surface area contributed by atoms with Crippen LogP contribution < -0.4 is 0 Å². The van der Waals surface area contributed by atoms with Gasteiger partial charge in [0.2, 0.25) is 0 Å². The first-order valence-electron chi connectivity index (χ1n) is 11.0. The molecule has 1 heterocycles. The largest absolute Gasteiger partial charge is 0.388 e.